The van der Waals surface area contributed by atoms with Gasteiger partial charge in [0.2, 0.25) is 5.91 Å². The van der Waals surface area contributed by atoms with Gasteiger partial charge in [0.1, 0.15) is 5.75 Å². The van der Waals surface area contributed by atoms with E-state index in [1.807, 2.05) is 24.3 Å². The van der Waals surface area contributed by atoms with Gasteiger partial charge in [0.25, 0.3) is 0 Å². The summed E-state index contributed by atoms with van der Waals surface area (Å²) in [6.07, 6.45) is 0.491. The summed E-state index contributed by atoms with van der Waals surface area (Å²) in [5, 5.41) is 6.11. The van der Waals surface area contributed by atoms with E-state index in [9.17, 15) is 4.79 Å². The molecule has 2 rings (SSSR count). The predicted octanol–water partition coefficient (Wildman–Crippen LogP) is 0.927. The molecule has 0 aromatic heterocycles. The number of amides is 1. The third-order valence-corrected chi connectivity index (χ3v) is 3.46. The molecule has 5 heteroatoms. The van der Waals surface area contributed by atoms with Crippen molar-refractivity contribution in [1.82, 2.24) is 10.2 Å². The molecule has 0 radical (unpaired) electrons. The van der Waals surface area contributed by atoms with Gasteiger partial charge in [0.15, 0.2) is 0 Å². The summed E-state index contributed by atoms with van der Waals surface area (Å²) in [6, 6.07) is 8.01. The fourth-order valence-electron chi connectivity index (χ4n) is 2.01. The third-order valence-electron chi connectivity index (χ3n) is 3.46. The highest BCUT2D eigenvalue weighted by atomic mass is 16.5. The van der Waals surface area contributed by atoms with Crippen molar-refractivity contribution < 1.29 is 9.53 Å². The van der Waals surface area contributed by atoms with Crippen LogP contribution in [0.1, 0.15) is 6.42 Å². The van der Waals surface area contributed by atoms with Gasteiger partial charge in [-0.2, -0.15) is 0 Å². The highest BCUT2D eigenvalue weighted by Crippen LogP contribution is 2.23. The maximum atomic E-state index is 11.9. The minimum atomic E-state index is 0.0173. The van der Waals surface area contributed by atoms with Crippen LogP contribution in [0.4, 0.5) is 5.69 Å². The Balaban J connectivity index is 1.80. The Hall–Kier alpha value is -1.59. The maximum absolute atomic E-state index is 11.9. The summed E-state index contributed by atoms with van der Waals surface area (Å²) < 4.78 is 5.20. The van der Waals surface area contributed by atoms with E-state index in [4.69, 9.17) is 4.74 Å². The number of carbonyl (C=O) groups excluding carboxylic acids is 1. The number of ether oxygens (including phenoxy) is 1. The Morgan fingerprint density at radius 1 is 1.47 bits per heavy atom. The number of anilines is 1. The number of para-hydroxylation sites is 2. The zero-order chi connectivity index (χ0) is 13.7. The number of carbonyl (C=O) groups is 1. The van der Waals surface area contributed by atoms with E-state index in [1.54, 1.807) is 7.11 Å². The van der Waals surface area contributed by atoms with E-state index < -0.39 is 0 Å². The van der Waals surface area contributed by atoms with Gasteiger partial charge >= 0.3 is 0 Å². The van der Waals surface area contributed by atoms with Crippen LogP contribution in [0.5, 0.6) is 5.75 Å². The van der Waals surface area contributed by atoms with Crippen LogP contribution in [0.15, 0.2) is 24.3 Å². The van der Waals surface area contributed by atoms with Crippen molar-refractivity contribution >= 4 is 11.6 Å². The van der Waals surface area contributed by atoms with Crippen LogP contribution in [0, 0.1) is 0 Å². The Kier molecular flexibility index (Phi) is 4.76. The van der Waals surface area contributed by atoms with Gasteiger partial charge in [-0.1, -0.05) is 12.1 Å². The number of nitrogens with zero attached hydrogens (tertiary/aromatic N) is 1. The van der Waals surface area contributed by atoms with Crippen LogP contribution < -0.4 is 15.4 Å². The second-order valence-electron chi connectivity index (χ2n) is 4.79. The first kappa shape index (κ1) is 13.8. The van der Waals surface area contributed by atoms with Crippen molar-refractivity contribution in [3.63, 3.8) is 0 Å². The van der Waals surface area contributed by atoms with Gasteiger partial charge in [-0.3, -0.25) is 4.79 Å². The van der Waals surface area contributed by atoms with E-state index >= 15 is 0 Å². The van der Waals surface area contributed by atoms with E-state index in [-0.39, 0.29) is 5.91 Å². The van der Waals surface area contributed by atoms with E-state index in [1.165, 1.54) is 0 Å². The molecule has 1 aliphatic rings. The first-order valence-electron chi connectivity index (χ1n) is 6.54. The molecule has 1 saturated heterocycles. The zero-order valence-corrected chi connectivity index (χ0v) is 11.5. The quantitative estimate of drug-likeness (QED) is 0.801. The molecular formula is C14H21N3O2. The summed E-state index contributed by atoms with van der Waals surface area (Å²) in [6.45, 7) is 2.81. The molecular weight excluding hydrogens is 242 g/mol. The topological polar surface area (TPSA) is 53.6 Å². The van der Waals surface area contributed by atoms with Crippen LogP contribution in [0.2, 0.25) is 0 Å². The average Bonchev–Trinajstić information content (AvgIpc) is 2.35. The Morgan fingerprint density at radius 3 is 2.84 bits per heavy atom. The monoisotopic (exact) mass is 263 g/mol. The lowest BCUT2D eigenvalue weighted by molar-refractivity contribution is -0.116. The molecule has 1 aliphatic heterocycles. The maximum Gasteiger partial charge on any atom is 0.225 e. The standard InChI is InChI=1S/C14H21N3O2/c1-17(11-9-15-10-11)8-7-14(18)16-12-5-3-4-6-13(12)19-2/h3-6,11,15H,7-10H2,1-2H3,(H,16,18). The van der Waals surface area contributed by atoms with Crippen LogP contribution >= 0.6 is 0 Å². The molecule has 5 nitrogen and oxygen atoms in total. The average molecular weight is 263 g/mol. The SMILES string of the molecule is COc1ccccc1NC(=O)CCN(C)C1CNC1. The lowest BCUT2D eigenvalue weighted by atomic mass is 10.1. The highest BCUT2D eigenvalue weighted by Gasteiger charge is 2.21. The first-order valence-corrected chi connectivity index (χ1v) is 6.54. The van der Waals surface area contributed by atoms with Crippen molar-refractivity contribution in [3.8, 4) is 5.75 Å². The summed E-state index contributed by atoms with van der Waals surface area (Å²) in [4.78, 5) is 14.1. The van der Waals surface area contributed by atoms with Crippen LogP contribution in [-0.4, -0.2) is 50.6 Å². The van der Waals surface area contributed by atoms with Crippen molar-refractivity contribution in [2.75, 3.05) is 39.1 Å². The normalized spacial score (nSPS) is 15.1. The van der Waals surface area contributed by atoms with Crippen LogP contribution in [0.25, 0.3) is 0 Å². The lowest BCUT2D eigenvalue weighted by Gasteiger charge is -2.35. The molecule has 1 fully saturated rings. The molecule has 104 valence electrons. The molecule has 0 unspecified atom stereocenters. The smallest absolute Gasteiger partial charge is 0.225 e. The highest BCUT2D eigenvalue weighted by molar-refractivity contribution is 5.92. The van der Waals surface area contributed by atoms with Crippen molar-refractivity contribution in [3.05, 3.63) is 24.3 Å². The summed E-state index contributed by atoms with van der Waals surface area (Å²) in [7, 11) is 3.66. The number of rotatable bonds is 6. The Labute approximate surface area is 113 Å². The summed E-state index contributed by atoms with van der Waals surface area (Å²) in [5.41, 5.74) is 0.725. The molecule has 0 saturated carbocycles. The summed E-state index contributed by atoms with van der Waals surface area (Å²) in [5.74, 6) is 0.705. The van der Waals surface area contributed by atoms with Crippen molar-refractivity contribution in [1.29, 1.82) is 0 Å². The molecule has 0 aliphatic carbocycles. The van der Waals surface area contributed by atoms with E-state index in [2.05, 4.69) is 22.6 Å². The van der Waals surface area contributed by atoms with Crippen molar-refractivity contribution in [2.45, 2.75) is 12.5 Å². The fraction of sp³-hybridized carbons (Fsp3) is 0.500. The third kappa shape index (κ3) is 3.68. The fourth-order valence-corrected chi connectivity index (χ4v) is 2.01. The minimum Gasteiger partial charge on any atom is -0.495 e. The first-order chi connectivity index (χ1) is 9.20. The van der Waals surface area contributed by atoms with Gasteiger partial charge in [0.05, 0.1) is 12.8 Å². The van der Waals surface area contributed by atoms with Gasteiger partial charge in [-0.05, 0) is 19.2 Å². The van der Waals surface area contributed by atoms with Crippen LogP contribution in [0.3, 0.4) is 0 Å². The molecule has 1 heterocycles. The summed E-state index contributed by atoms with van der Waals surface area (Å²) >= 11 is 0. The molecule has 19 heavy (non-hydrogen) atoms. The van der Waals surface area contributed by atoms with E-state index in [0.717, 1.165) is 25.3 Å². The molecule has 0 bridgehead atoms. The second kappa shape index (κ2) is 6.54. The number of hydrogen-bond donors (Lipinski definition) is 2. The van der Waals surface area contributed by atoms with Gasteiger partial charge in [-0.25, -0.2) is 0 Å². The minimum absolute atomic E-state index is 0.0173. The van der Waals surface area contributed by atoms with Gasteiger partial charge < -0.3 is 20.3 Å². The molecule has 0 atom stereocenters. The predicted molar refractivity (Wildman–Crippen MR) is 75.5 cm³/mol. The molecule has 1 aromatic carbocycles. The number of methoxy groups -OCH3 is 1. The lowest BCUT2D eigenvalue weighted by Crippen LogP contribution is -2.56. The zero-order valence-electron chi connectivity index (χ0n) is 11.5. The van der Waals surface area contributed by atoms with Gasteiger partial charge in [-0.15, -0.1) is 0 Å². The molecule has 0 spiro atoms. The number of nitrogens with one attached hydrogen (secondary N) is 2. The molecule has 2 N–H and O–H groups in total. The van der Waals surface area contributed by atoms with Gasteiger partial charge in [0, 0.05) is 32.1 Å². The molecule has 1 aromatic rings. The van der Waals surface area contributed by atoms with Crippen LogP contribution in [-0.2, 0) is 4.79 Å². The number of likely N-dealkylation sites (N-methyl/N-ethyl adjacent to an activating group) is 1. The largest absolute Gasteiger partial charge is 0.495 e. The Morgan fingerprint density at radius 2 is 2.21 bits per heavy atom. The molecule has 1 amide bonds. The Bertz CT molecular complexity index is 432. The van der Waals surface area contributed by atoms with Crippen molar-refractivity contribution in [2.24, 2.45) is 0 Å². The number of hydrogen-bond acceptors (Lipinski definition) is 4. The van der Waals surface area contributed by atoms with E-state index in [0.29, 0.717) is 18.2 Å². The second-order valence-corrected chi connectivity index (χ2v) is 4.79. The number of benzene rings is 1.